The fraction of sp³-hybridized carbons (Fsp3) is 0.500. The van der Waals surface area contributed by atoms with E-state index in [0.29, 0.717) is 6.61 Å². The highest BCUT2D eigenvalue weighted by atomic mass is 16.5. The van der Waals surface area contributed by atoms with Crippen LogP contribution < -0.4 is 9.47 Å². The van der Waals surface area contributed by atoms with Gasteiger partial charge < -0.3 is 9.47 Å². The predicted molar refractivity (Wildman–Crippen MR) is 76.4 cm³/mol. The first-order chi connectivity index (χ1) is 8.86. The van der Waals surface area contributed by atoms with E-state index in [2.05, 4.69) is 6.92 Å². The van der Waals surface area contributed by atoms with Gasteiger partial charge in [-0.3, -0.25) is 0 Å². The fourth-order valence-corrected chi connectivity index (χ4v) is 1.59. The van der Waals surface area contributed by atoms with Crippen molar-refractivity contribution >= 4 is 0 Å². The average molecular weight is 248 g/mol. The Balaban J connectivity index is 2.23. The zero-order chi connectivity index (χ0) is 13.1. The van der Waals surface area contributed by atoms with Crippen LogP contribution in [-0.4, -0.2) is 13.2 Å². The Labute approximate surface area is 111 Å². The molecule has 0 radical (unpaired) electrons. The van der Waals surface area contributed by atoms with Gasteiger partial charge in [-0.05, 0) is 37.6 Å². The summed E-state index contributed by atoms with van der Waals surface area (Å²) in [7, 11) is 0. The van der Waals surface area contributed by atoms with Gasteiger partial charge in [-0.25, -0.2) is 0 Å². The molecule has 1 aromatic carbocycles. The van der Waals surface area contributed by atoms with E-state index in [1.54, 1.807) is 0 Å². The molecule has 0 N–H and O–H groups in total. The van der Waals surface area contributed by atoms with Crippen LogP contribution in [0.4, 0.5) is 0 Å². The molecule has 0 atom stereocenters. The average Bonchev–Trinajstić information content (AvgIpc) is 2.40. The van der Waals surface area contributed by atoms with Crippen molar-refractivity contribution in [2.24, 2.45) is 0 Å². The van der Waals surface area contributed by atoms with Crippen molar-refractivity contribution in [3.05, 3.63) is 36.4 Å². The molecular weight excluding hydrogens is 224 g/mol. The van der Waals surface area contributed by atoms with Gasteiger partial charge >= 0.3 is 0 Å². The molecule has 2 heteroatoms. The number of rotatable bonds is 9. The molecule has 0 aliphatic rings. The third kappa shape index (κ3) is 6.33. The van der Waals surface area contributed by atoms with Gasteiger partial charge in [0.15, 0.2) is 0 Å². The molecule has 1 aromatic rings. The molecular formula is C16H24O2. The van der Waals surface area contributed by atoms with Gasteiger partial charge in [0, 0.05) is 0 Å². The summed E-state index contributed by atoms with van der Waals surface area (Å²) >= 11 is 0. The van der Waals surface area contributed by atoms with E-state index in [4.69, 9.17) is 9.47 Å². The summed E-state index contributed by atoms with van der Waals surface area (Å²) in [6.07, 6.45) is 8.90. The number of ether oxygens (including phenoxy) is 2. The van der Waals surface area contributed by atoms with Gasteiger partial charge in [0.2, 0.25) is 0 Å². The van der Waals surface area contributed by atoms with Crippen LogP contribution in [0.15, 0.2) is 36.4 Å². The van der Waals surface area contributed by atoms with Crippen molar-refractivity contribution in [2.45, 2.75) is 39.5 Å². The highest BCUT2D eigenvalue weighted by molar-refractivity contribution is 5.31. The van der Waals surface area contributed by atoms with E-state index in [9.17, 15) is 0 Å². The molecule has 0 unspecified atom stereocenters. The number of hydrogen-bond donors (Lipinski definition) is 0. The topological polar surface area (TPSA) is 18.5 Å². The van der Waals surface area contributed by atoms with Crippen LogP contribution in [0, 0.1) is 0 Å². The quantitative estimate of drug-likeness (QED) is 0.469. The molecule has 0 aromatic heterocycles. The molecule has 0 aliphatic heterocycles. The van der Waals surface area contributed by atoms with Gasteiger partial charge in [-0.15, -0.1) is 0 Å². The van der Waals surface area contributed by atoms with Crippen LogP contribution in [0.2, 0.25) is 0 Å². The van der Waals surface area contributed by atoms with Crippen LogP contribution in [0.1, 0.15) is 39.5 Å². The molecule has 0 amide bonds. The lowest BCUT2D eigenvalue weighted by atomic mass is 10.2. The summed E-state index contributed by atoms with van der Waals surface area (Å²) in [6.45, 7) is 5.62. The largest absolute Gasteiger partial charge is 0.494 e. The Morgan fingerprint density at radius 2 is 1.61 bits per heavy atom. The Morgan fingerprint density at radius 3 is 2.22 bits per heavy atom. The Bertz CT molecular complexity index is 327. The SMILES string of the molecule is C/C=C/COc1ccc(OCCCCCC)cc1. The number of allylic oxidation sites excluding steroid dienone is 1. The molecule has 0 spiro atoms. The first kappa shape index (κ1) is 14.6. The van der Waals surface area contributed by atoms with E-state index in [0.717, 1.165) is 24.5 Å². The van der Waals surface area contributed by atoms with Crippen molar-refractivity contribution in [1.29, 1.82) is 0 Å². The summed E-state index contributed by atoms with van der Waals surface area (Å²) in [5.41, 5.74) is 0. The van der Waals surface area contributed by atoms with Crippen molar-refractivity contribution < 1.29 is 9.47 Å². The predicted octanol–water partition coefficient (Wildman–Crippen LogP) is 4.60. The van der Waals surface area contributed by atoms with Crippen LogP contribution in [0.5, 0.6) is 11.5 Å². The van der Waals surface area contributed by atoms with Gasteiger partial charge in [-0.2, -0.15) is 0 Å². The summed E-state index contributed by atoms with van der Waals surface area (Å²) in [6, 6.07) is 7.82. The Hall–Kier alpha value is -1.44. The minimum Gasteiger partial charge on any atom is -0.494 e. The van der Waals surface area contributed by atoms with Gasteiger partial charge in [0.25, 0.3) is 0 Å². The molecule has 100 valence electrons. The highest BCUT2D eigenvalue weighted by Crippen LogP contribution is 2.17. The van der Waals surface area contributed by atoms with Crippen molar-refractivity contribution in [3.63, 3.8) is 0 Å². The highest BCUT2D eigenvalue weighted by Gasteiger charge is 1.96. The zero-order valence-electron chi connectivity index (χ0n) is 11.5. The van der Waals surface area contributed by atoms with Gasteiger partial charge in [-0.1, -0.05) is 38.3 Å². The number of hydrogen-bond acceptors (Lipinski definition) is 2. The summed E-state index contributed by atoms with van der Waals surface area (Å²) < 4.78 is 11.2. The molecule has 0 aliphatic carbocycles. The normalized spacial score (nSPS) is 10.8. The smallest absolute Gasteiger partial charge is 0.120 e. The standard InChI is InChI=1S/C16H24O2/c1-3-5-7-8-14-18-16-11-9-15(10-12-16)17-13-6-4-2/h4,6,9-12H,3,5,7-8,13-14H2,1-2H3/b6-4+. The molecule has 0 heterocycles. The lowest BCUT2D eigenvalue weighted by Crippen LogP contribution is -1.97. The summed E-state index contributed by atoms with van der Waals surface area (Å²) in [4.78, 5) is 0. The second kappa shape index (κ2) is 9.58. The summed E-state index contributed by atoms with van der Waals surface area (Å²) in [5, 5.41) is 0. The lowest BCUT2D eigenvalue weighted by Gasteiger charge is -2.07. The Kier molecular flexibility index (Phi) is 7.78. The van der Waals surface area contributed by atoms with E-state index in [1.807, 2.05) is 43.3 Å². The third-order valence-corrected chi connectivity index (χ3v) is 2.67. The van der Waals surface area contributed by atoms with Crippen LogP contribution in [-0.2, 0) is 0 Å². The van der Waals surface area contributed by atoms with Crippen LogP contribution in [0.3, 0.4) is 0 Å². The van der Waals surface area contributed by atoms with Gasteiger partial charge in [0.1, 0.15) is 18.1 Å². The molecule has 0 saturated heterocycles. The minimum atomic E-state index is 0.619. The molecule has 0 bridgehead atoms. The van der Waals surface area contributed by atoms with Crippen LogP contribution >= 0.6 is 0 Å². The number of unbranched alkanes of at least 4 members (excludes halogenated alkanes) is 3. The first-order valence-electron chi connectivity index (χ1n) is 6.83. The molecule has 0 saturated carbocycles. The monoisotopic (exact) mass is 248 g/mol. The second-order valence-corrected chi connectivity index (χ2v) is 4.26. The second-order valence-electron chi connectivity index (χ2n) is 4.26. The maximum Gasteiger partial charge on any atom is 0.120 e. The van der Waals surface area contributed by atoms with Crippen molar-refractivity contribution in [2.75, 3.05) is 13.2 Å². The number of benzene rings is 1. The van der Waals surface area contributed by atoms with E-state index >= 15 is 0 Å². The van der Waals surface area contributed by atoms with E-state index in [1.165, 1.54) is 19.3 Å². The van der Waals surface area contributed by atoms with Crippen molar-refractivity contribution in [1.82, 2.24) is 0 Å². The maximum absolute atomic E-state index is 5.66. The molecule has 0 fully saturated rings. The van der Waals surface area contributed by atoms with Crippen molar-refractivity contribution in [3.8, 4) is 11.5 Å². The molecule has 18 heavy (non-hydrogen) atoms. The zero-order valence-corrected chi connectivity index (χ0v) is 11.5. The third-order valence-electron chi connectivity index (χ3n) is 2.67. The summed E-state index contributed by atoms with van der Waals surface area (Å²) in [5.74, 6) is 1.80. The first-order valence-corrected chi connectivity index (χ1v) is 6.83. The Morgan fingerprint density at radius 1 is 0.944 bits per heavy atom. The maximum atomic E-state index is 5.66. The molecule has 1 rings (SSSR count). The molecule has 2 nitrogen and oxygen atoms in total. The lowest BCUT2D eigenvalue weighted by molar-refractivity contribution is 0.304. The van der Waals surface area contributed by atoms with E-state index in [-0.39, 0.29) is 0 Å². The van der Waals surface area contributed by atoms with E-state index < -0.39 is 0 Å². The minimum absolute atomic E-state index is 0.619. The fourth-order valence-electron chi connectivity index (χ4n) is 1.59. The van der Waals surface area contributed by atoms with Crippen LogP contribution in [0.25, 0.3) is 0 Å². The van der Waals surface area contributed by atoms with Gasteiger partial charge in [0.05, 0.1) is 6.61 Å².